The first-order valence-electron chi connectivity index (χ1n) is 6.45. The van der Waals surface area contributed by atoms with Crippen LogP contribution in [0.5, 0.6) is 0 Å². The van der Waals surface area contributed by atoms with Gasteiger partial charge in [-0.1, -0.05) is 17.7 Å². The Kier molecular flexibility index (Phi) is 3.74. The molecule has 1 aromatic heterocycles. The Bertz CT molecular complexity index is 611. The molecule has 0 fully saturated rings. The van der Waals surface area contributed by atoms with Gasteiger partial charge in [0.2, 0.25) is 0 Å². The van der Waals surface area contributed by atoms with E-state index in [4.69, 9.17) is 0 Å². The molecular formula is C16H20N2O. The highest BCUT2D eigenvalue weighted by atomic mass is 16.1. The van der Waals surface area contributed by atoms with Crippen LogP contribution in [0, 0.1) is 20.8 Å². The lowest BCUT2D eigenvalue weighted by molar-refractivity contribution is 0.0949. The van der Waals surface area contributed by atoms with Crippen molar-refractivity contribution < 1.29 is 4.79 Å². The van der Waals surface area contributed by atoms with E-state index in [1.54, 1.807) is 0 Å². The summed E-state index contributed by atoms with van der Waals surface area (Å²) in [5, 5.41) is 2.97. The molecule has 1 N–H and O–H groups in total. The Morgan fingerprint density at radius 1 is 1.16 bits per heavy atom. The standard InChI is InChI=1S/C16H20N2O/c1-11-5-8-15(12(2)9-11)16(19)17-10-14-7-6-13(3)18(14)4/h5-9H,10H2,1-4H3,(H,17,19). The number of hydrogen-bond acceptors (Lipinski definition) is 1. The molecule has 1 heterocycles. The van der Waals surface area contributed by atoms with E-state index in [0.717, 1.165) is 16.8 Å². The van der Waals surface area contributed by atoms with Crippen molar-refractivity contribution in [2.75, 3.05) is 0 Å². The van der Waals surface area contributed by atoms with Crippen LogP contribution in [0.1, 0.15) is 32.9 Å². The zero-order valence-corrected chi connectivity index (χ0v) is 11.9. The topological polar surface area (TPSA) is 34.0 Å². The van der Waals surface area contributed by atoms with Crippen molar-refractivity contribution >= 4 is 5.91 Å². The molecular weight excluding hydrogens is 236 g/mol. The van der Waals surface area contributed by atoms with Crippen LogP contribution >= 0.6 is 0 Å². The molecule has 3 nitrogen and oxygen atoms in total. The maximum absolute atomic E-state index is 12.1. The molecule has 0 unspecified atom stereocenters. The number of rotatable bonds is 3. The van der Waals surface area contributed by atoms with E-state index in [1.165, 1.54) is 11.3 Å². The largest absolute Gasteiger partial charge is 0.350 e. The van der Waals surface area contributed by atoms with Crippen LogP contribution < -0.4 is 5.32 Å². The van der Waals surface area contributed by atoms with Crippen molar-refractivity contribution in [2.24, 2.45) is 7.05 Å². The summed E-state index contributed by atoms with van der Waals surface area (Å²) in [4.78, 5) is 12.1. The Hall–Kier alpha value is -2.03. The number of carbonyl (C=O) groups is 1. The lowest BCUT2D eigenvalue weighted by Crippen LogP contribution is -2.24. The molecule has 0 aliphatic rings. The number of aromatic nitrogens is 1. The maximum Gasteiger partial charge on any atom is 0.251 e. The molecule has 0 aliphatic carbocycles. The molecule has 1 aromatic carbocycles. The number of hydrogen-bond donors (Lipinski definition) is 1. The molecule has 19 heavy (non-hydrogen) atoms. The van der Waals surface area contributed by atoms with Gasteiger partial charge in [-0.2, -0.15) is 0 Å². The fraction of sp³-hybridized carbons (Fsp3) is 0.312. The number of benzene rings is 1. The van der Waals surface area contributed by atoms with Gasteiger partial charge < -0.3 is 9.88 Å². The van der Waals surface area contributed by atoms with E-state index < -0.39 is 0 Å². The fourth-order valence-corrected chi connectivity index (χ4v) is 2.18. The van der Waals surface area contributed by atoms with Gasteiger partial charge in [0, 0.05) is 24.0 Å². The third-order valence-corrected chi connectivity index (χ3v) is 3.53. The molecule has 0 saturated heterocycles. The van der Waals surface area contributed by atoms with Crippen molar-refractivity contribution in [3.63, 3.8) is 0 Å². The molecule has 3 heteroatoms. The predicted molar refractivity (Wildman–Crippen MR) is 77.2 cm³/mol. The molecule has 100 valence electrons. The molecule has 0 spiro atoms. The lowest BCUT2D eigenvalue weighted by atomic mass is 10.1. The number of nitrogens with zero attached hydrogens (tertiary/aromatic N) is 1. The second-order valence-electron chi connectivity index (χ2n) is 5.03. The highest BCUT2D eigenvalue weighted by molar-refractivity contribution is 5.95. The highest BCUT2D eigenvalue weighted by Crippen LogP contribution is 2.11. The number of amides is 1. The first-order chi connectivity index (χ1) is 8.99. The van der Waals surface area contributed by atoms with Crippen molar-refractivity contribution in [3.05, 3.63) is 58.4 Å². The van der Waals surface area contributed by atoms with Crippen LogP contribution in [0.2, 0.25) is 0 Å². The Morgan fingerprint density at radius 3 is 2.47 bits per heavy atom. The Morgan fingerprint density at radius 2 is 1.89 bits per heavy atom. The van der Waals surface area contributed by atoms with E-state index in [9.17, 15) is 4.79 Å². The quantitative estimate of drug-likeness (QED) is 0.900. The summed E-state index contributed by atoms with van der Waals surface area (Å²) >= 11 is 0. The second kappa shape index (κ2) is 5.31. The molecule has 2 rings (SSSR count). The Labute approximate surface area is 114 Å². The maximum atomic E-state index is 12.1. The fourth-order valence-electron chi connectivity index (χ4n) is 2.18. The summed E-state index contributed by atoms with van der Waals surface area (Å²) in [6.07, 6.45) is 0. The van der Waals surface area contributed by atoms with Gasteiger partial charge in [-0.05, 0) is 44.5 Å². The SMILES string of the molecule is Cc1ccc(C(=O)NCc2ccc(C)n2C)c(C)c1. The normalized spacial score (nSPS) is 10.5. The van der Waals surface area contributed by atoms with E-state index in [-0.39, 0.29) is 5.91 Å². The molecule has 0 bridgehead atoms. The summed E-state index contributed by atoms with van der Waals surface area (Å²) in [5.41, 5.74) is 5.23. The van der Waals surface area contributed by atoms with Gasteiger partial charge >= 0.3 is 0 Å². The van der Waals surface area contributed by atoms with Gasteiger partial charge in [-0.25, -0.2) is 0 Å². The van der Waals surface area contributed by atoms with E-state index in [1.807, 2.05) is 45.2 Å². The zero-order valence-electron chi connectivity index (χ0n) is 11.9. The van der Waals surface area contributed by atoms with Gasteiger partial charge in [0.15, 0.2) is 0 Å². The van der Waals surface area contributed by atoms with Gasteiger partial charge in [0.05, 0.1) is 6.54 Å². The molecule has 0 radical (unpaired) electrons. The monoisotopic (exact) mass is 256 g/mol. The van der Waals surface area contributed by atoms with Crippen LogP contribution in [-0.4, -0.2) is 10.5 Å². The van der Waals surface area contributed by atoms with Gasteiger partial charge in [-0.15, -0.1) is 0 Å². The number of aryl methyl sites for hydroxylation is 3. The van der Waals surface area contributed by atoms with Crippen molar-refractivity contribution in [1.29, 1.82) is 0 Å². The van der Waals surface area contributed by atoms with E-state index in [0.29, 0.717) is 6.54 Å². The molecule has 0 aliphatic heterocycles. The summed E-state index contributed by atoms with van der Waals surface area (Å²) in [5.74, 6) is -0.0173. The summed E-state index contributed by atoms with van der Waals surface area (Å²) in [6.45, 7) is 6.60. The average Bonchev–Trinajstić information content (AvgIpc) is 2.67. The first-order valence-corrected chi connectivity index (χ1v) is 6.45. The smallest absolute Gasteiger partial charge is 0.251 e. The summed E-state index contributed by atoms with van der Waals surface area (Å²) in [7, 11) is 2.01. The average molecular weight is 256 g/mol. The van der Waals surface area contributed by atoms with E-state index in [2.05, 4.69) is 22.9 Å². The van der Waals surface area contributed by atoms with Crippen LogP contribution in [0.3, 0.4) is 0 Å². The minimum atomic E-state index is -0.0173. The minimum absolute atomic E-state index is 0.0173. The third kappa shape index (κ3) is 2.87. The van der Waals surface area contributed by atoms with Gasteiger partial charge in [0.1, 0.15) is 0 Å². The summed E-state index contributed by atoms with van der Waals surface area (Å²) in [6, 6.07) is 9.97. The molecule has 0 saturated carbocycles. The summed E-state index contributed by atoms with van der Waals surface area (Å²) < 4.78 is 2.09. The minimum Gasteiger partial charge on any atom is -0.350 e. The zero-order chi connectivity index (χ0) is 14.0. The van der Waals surface area contributed by atoms with Gasteiger partial charge in [0.25, 0.3) is 5.91 Å². The van der Waals surface area contributed by atoms with Crippen molar-refractivity contribution in [3.8, 4) is 0 Å². The Balaban J connectivity index is 2.07. The van der Waals surface area contributed by atoms with Crippen LogP contribution in [0.4, 0.5) is 0 Å². The highest BCUT2D eigenvalue weighted by Gasteiger charge is 2.09. The second-order valence-corrected chi connectivity index (χ2v) is 5.03. The van der Waals surface area contributed by atoms with Crippen LogP contribution in [-0.2, 0) is 13.6 Å². The number of nitrogens with one attached hydrogen (secondary N) is 1. The van der Waals surface area contributed by atoms with Crippen molar-refractivity contribution in [2.45, 2.75) is 27.3 Å². The van der Waals surface area contributed by atoms with Crippen LogP contribution in [0.15, 0.2) is 30.3 Å². The lowest BCUT2D eigenvalue weighted by Gasteiger charge is -2.09. The molecule has 2 aromatic rings. The predicted octanol–water partition coefficient (Wildman–Crippen LogP) is 2.88. The number of carbonyl (C=O) groups excluding carboxylic acids is 1. The third-order valence-electron chi connectivity index (χ3n) is 3.53. The van der Waals surface area contributed by atoms with Crippen LogP contribution in [0.25, 0.3) is 0 Å². The van der Waals surface area contributed by atoms with Crippen molar-refractivity contribution in [1.82, 2.24) is 9.88 Å². The first kappa shape index (κ1) is 13.4. The molecule has 0 atom stereocenters. The van der Waals surface area contributed by atoms with E-state index >= 15 is 0 Å². The van der Waals surface area contributed by atoms with Gasteiger partial charge in [-0.3, -0.25) is 4.79 Å². The molecule has 1 amide bonds.